The molecule has 0 bridgehead atoms. The Kier molecular flexibility index (Phi) is 8.70. The van der Waals surface area contributed by atoms with Crippen molar-refractivity contribution in [2.24, 2.45) is 5.92 Å². The molecule has 1 heterocycles. The van der Waals surface area contributed by atoms with E-state index in [2.05, 4.69) is 26.1 Å². The average molecular weight is 255 g/mol. The van der Waals surface area contributed by atoms with Crippen LogP contribution in [0, 0.1) is 5.92 Å². The van der Waals surface area contributed by atoms with Crippen molar-refractivity contribution in [2.45, 2.75) is 84.3 Å². The molecule has 2 unspecified atom stereocenters. The van der Waals surface area contributed by atoms with E-state index in [1.807, 2.05) is 0 Å². The quantitative estimate of drug-likeness (QED) is 0.625. The first-order chi connectivity index (χ1) is 8.74. The lowest BCUT2D eigenvalue weighted by molar-refractivity contribution is -0.0318. The zero-order valence-corrected chi connectivity index (χ0v) is 12.7. The molecular weight excluding hydrogens is 222 g/mol. The van der Waals surface area contributed by atoms with Gasteiger partial charge in [-0.25, -0.2) is 0 Å². The molecule has 0 aliphatic carbocycles. The van der Waals surface area contributed by atoms with Gasteiger partial charge in [-0.3, -0.25) is 0 Å². The molecule has 1 fully saturated rings. The van der Waals surface area contributed by atoms with Gasteiger partial charge in [0.05, 0.1) is 6.10 Å². The van der Waals surface area contributed by atoms with E-state index < -0.39 is 0 Å². The Morgan fingerprint density at radius 2 is 1.94 bits per heavy atom. The first kappa shape index (κ1) is 16.0. The molecule has 0 saturated carbocycles. The summed E-state index contributed by atoms with van der Waals surface area (Å²) in [5, 5.41) is 3.58. The van der Waals surface area contributed by atoms with Gasteiger partial charge in [0.15, 0.2) is 0 Å². The van der Waals surface area contributed by atoms with Crippen LogP contribution in [0.3, 0.4) is 0 Å². The van der Waals surface area contributed by atoms with Crippen LogP contribution in [0.15, 0.2) is 0 Å². The van der Waals surface area contributed by atoms with Gasteiger partial charge in [-0.05, 0) is 25.2 Å². The second-order valence-electron chi connectivity index (χ2n) is 6.08. The van der Waals surface area contributed by atoms with E-state index in [1.54, 1.807) is 0 Å². The van der Waals surface area contributed by atoms with Crippen molar-refractivity contribution in [2.75, 3.05) is 13.2 Å². The highest BCUT2D eigenvalue weighted by Gasteiger charge is 2.25. The maximum Gasteiger partial charge on any atom is 0.0615 e. The maximum absolute atomic E-state index is 5.99. The van der Waals surface area contributed by atoms with Crippen LogP contribution in [0.5, 0.6) is 0 Å². The highest BCUT2D eigenvalue weighted by Crippen LogP contribution is 2.24. The van der Waals surface area contributed by atoms with Crippen LogP contribution in [0.25, 0.3) is 0 Å². The standard InChI is InChI=1S/C16H33NO/c1-4-5-6-7-8-11-16-15(10-9-12-18-16)13-17-14(2)3/h14-17H,4-13H2,1-3H3. The minimum atomic E-state index is 0.520. The molecule has 1 saturated heterocycles. The SMILES string of the molecule is CCCCCCCC1OCCCC1CNC(C)C. The Hall–Kier alpha value is -0.0800. The van der Waals surface area contributed by atoms with Crippen LogP contribution in [0.2, 0.25) is 0 Å². The molecule has 1 rings (SSSR count). The van der Waals surface area contributed by atoms with E-state index in [1.165, 1.54) is 51.4 Å². The molecule has 0 aromatic heterocycles. The summed E-state index contributed by atoms with van der Waals surface area (Å²) in [5.41, 5.74) is 0. The predicted molar refractivity (Wildman–Crippen MR) is 79.0 cm³/mol. The number of unbranched alkanes of at least 4 members (excludes halogenated alkanes) is 4. The molecule has 0 aromatic rings. The molecule has 2 heteroatoms. The molecule has 108 valence electrons. The predicted octanol–water partition coefficient (Wildman–Crippen LogP) is 4.14. The fourth-order valence-electron chi connectivity index (χ4n) is 2.79. The Morgan fingerprint density at radius 1 is 1.17 bits per heavy atom. The second kappa shape index (κ2) is 9.80. The van der Waals surface area contributed by atoms with E-state index in [4.69, 9.17) is 4.74 Å². The van der Waals surface area contributed by atoms with Gasteiger partial charge < -0.3 is 10.1 Å². The fraction of sp³-hybridized carbons (Fsp3) is 1.00. The van der Waals surface area contributed by atoms with Gasteiger partial charge >= 0.3 is 0 Å². The van der Waals surface area contributed by atoms with E-state index >= 15 is 0 Å². The van der Waals surface area contributed by atoms with E-state index in [0.29, 0.717) is 12.1 Å². The van der Waals surface area contributed by atoms with Gasteiger partial charge in [0.2, 0.25) is 0 Å². The van der Waals surface area contributed by atoms with E-state index in [0.717, 1.165) is 19.1 Å². The minimum Gasteiger partial charge on any atom is -0.378 e. The van der Waals surface area contributed by atoms with Crippen molar-refractivity contribution in [3.8, 4) is 0 Å². The second-order valence-corrected chi connectivity index (χ2v) is 6.08. The van der Waals surface area contributed by atoms with Crippen LogP contribution in [0.4, 0.5) is 0 Å². The lowest BCUT2D eigenvalue weighted by Crippen LogP contribution is -2.38. The van der Waals surface area contributed by atoms with E-state index in [9.17, 15) is 0 Å². The fourth-order valence-corrected chi connectivity index (χ4v) is 2.79. The largest absolute Gasteiger partial charge is 0.378 e. The van der Waals surface area contributed by atoms with Crippen LogP contribution in [0.1, 0.15) is 72.1 Å². The van der Waals surface area contributed by atoms with Gasteiger partial charge in [-0.15, -0.1) is 0 Å². The smallest absolute Gasteiger partial charge is 0.0615 e. The van der Waals surface area contributed by atoms with Crippen molar-refractivity contribution in [1.82, 2.24) is 5.32 Å². The number of ether oxygens (including phenoxy) is 1. The topological polar surface area (TPSA) is 21.3 Å². The molecule has 2 atom stereocenters. The highest BCUT2D eigenvalue weighted by molar-refractivity contribution is 4.77. The lowest BCUT2D eigenvalue weighted by atomic mass is 9.90. The van der Waals surface area contributed by atoms with Crippen LogP contribution < -0.4 is 5.32 Å². The van der Waals surface area contributed by atoms with E-state index in [-0.39, 0.29) is 0 Å². The monoisotopic (exact) mass is 255 g/mol. The Morgan fingerprint density at radius 3 is 2.67 bits per heavy atom. The average Bonchev–Trinajstić information content (AvgIpc) is 2.37. The maximum atomic E-state index is 5.99. The third kappa shape index (κ3) is 6.75. The van der Waals surface area contributed by atoms with Gasteiger partial charge in [0.1, 0.15) is 0 Å². The number of rotatable bonds is 9. The van der Waals surface area contributed by atoms with Crippen molar-refractivity contribution in [3.63, 3.8) is 0 Å². The molecule has 1 aliphatic rings. The van der Waals surface area contributed by atoms with Gasteiger partial charge in [-0.2, -0.15) is 0 Å². The highest BCUT2D eigenvalue weighted by atomic mass is 16.5. The third-order valence-electron chi connectivity index (χ3n) is 3.96. The Labute approximate surface area is 114 Å². The first-order valence-corrected chi connectivity index (χ1v) is 8.09. The summed E-state index contributed by atoms with van der Waals surface area (Å²) >= 11 is 0. The van der Waals surface area contributed by atoms with Gasteiger partial charge in [0, 0.05) is 19.2 Å². The molecule has 1 aliphatic heterocycles. The van der Waals surface area contributed by atoms with Crippen molar-refractivity contribution in [1.29, 1.82) is 0 Å². The van der Waals surface area contributed by atoms with Crippen molar-refractivity contribution in [3.05, 3.63) is 0 Å². The minimum absolute atomic E-state index is 0.520. The number of hydrogen-bond donors (Lipinski definition) is 1. The summed E-state index contributed by atoms with van der Waals surface area (Å²) in [6, 6.07) is 0.595. The summed E-state index contributed by atoms with van der Waals surface area (Å²) < 4.78 is 5.99. The lowest BCUT2D eigenvalue weighted by Gasteiger charge is -2.32. The molecule has 0 spiro atoms. The van der Waals surface area contributed by atoms with Crippen molar-refractivity contribution >= 4 is 0 Å². The first-order valence-electron chi connectivity index (χ1n) is 8.09. The van der Waals surface area contributed by atoms with Crippen LogP contribution in [-0.4, -0.2) is 25.3 Å². The summed E-state index contributed by atoms with van der Waals surface area (Å²) in [5.74, 6) is 0.743. The number of nitrogens with one attached hydrogen (secondary N) is 1. The molecule has 2 nitrogen and oxygen atoms in total. The normalized spacial score (nSPS) is 24.7. The summed E-state index contributed by atoms with van der Waals surface area (Å²) in [4.78, 5) is 0. The summed E-state index contributed by atoms with van der Waals surface area (Å²) in [7, 11) is 0. The van der Waals surface area contributed by atoms with Crippen LogP contribution >= 0.6 is 0 Å². The molecule has 0 radical (unpaired) electrons. The molecule has 1 N–H and O–H groups in total. The molecular formula is C16H33NO. The molecule has 18 heavy (non-hydrogen) atoms. The van der Waals surface area contributed by atoms with Crippen LogP contribution in [-0.2, 0) is 4.74 Å². The van der Waals surface area contributed by atoms with Crippen molar-refractivity contribution < 1.29 is 4.74 Å². The Bertz CT molecular complexity index is 194. The molecule has 0 aromatic carbocycles. The summed E-state index contributed by atoms with van der Waals surface area (Å²) in [6.45, 7) is 8.85. The zero-order valence-electron chi connectivity index (χ0n) is 12.7. The van der Waals surface area contributed by atoms with Gasteiger partial charge in [-0.1, -0.05) is 52.9 Å². The van der Waals surface area contributed by atoms with Gasteiger partial charge in [0.25, 0.3) is 0 Å². The number of hydrogen-bond acceptors (Lipinski definition) is 2. The third-order valence-corrected chi connectivity index (χ3v) is 3.96. The molecule has 0 amide bonds. The summed E-state index contributed by atoms with van der Waals surface area (Å²) in [6.07, 6.45) is 11.3. The Balaban J connectivity index is 2.17. The zero-order chi connectivity index (χ0) is 13.2.